The highest BCUT2D eigenvalue weighted by molar-refractivity contribution is 5.94. The lowest BCUT2D eigenvalue weighted by Crippen LogP contribution is -2.48. The predicted molar refractivity (Wildman–Crippen MR) is 91.6 cm³/mol. The molecule has 1 aromatic rings. The summed E-state index contributed by atoms with van der Waals surface area (Å²) in [5, 5.41) is 6.30. The lowest BCUT2D eigenvalue weighted by Gasteiger charge is -2.32. The lowest BCUT2D eigenvalue weighted by atomic mass is 10.0. The van der Waals surface area contributed by atoms with Crippen LogP contribution in [0, 0.1) is 0 Å². The van der Waals surface area contributed by atoms with Gasteiger partial charge in [0.15, 0.2) is 0 Å². The van der Waals surface area contributed by atoms with Crippen LogP contribution in [-0.4, -0.2) is 37.0 Å². The Morgan fingerprint density at radius 3 is 2.48 bits per heavy atom. The first kappa shape index (κ1) is 20.2. The standard InChI is InChI=1S/C15H23N3O.2ClH/c1-15(2,18(3)4)10-17-14(19)11-5-6-12-8-16-9-13(12)7-11;;/h5-7,16H,8-10H2,1-4H3,(H,17,19);2*1H. The summed E-state index contributed by atoms with van der Waals surface area (Å²) < 4.78 is 0. The summed E-state index contributed by atoms with van der Waals surface area (Å²) in [6, 6.07) is 5.94. The summed E-state index contributed by atoms with van der Waals surface area (Å²) in [6.07, 6.45) is 0. The van der Waals surface area contributed by atoms with Gasteiger partial charge in [0.1, 0.15) is 0 Å². The predicted octanol–water partition coefficient (Wildman–Crippen LogP) is 2.20. The van der Waals surface area contributed by atoms with Crippen molar-refractivity contribution in [2.45, 2.75) is 32.5 Å². The monoisotopic (exact) mass is 333 g/mol. The number of likely N-dealkylation sites (N-methyl/N-ethyl adjacent to an activating group) is 1. The molecule has 120 valence electrons. The Bertz CT molecular complexity index is 490. The molecule has 4 nitrogen and oxygen atoms in total. The van der Waals surface area contributed by atoms with Crippen LogP contribution in [0.4, 0.5) is 0 Å². The van der Waals surface area contributed by atoms with Gasteiger partial charge in [-0.15, -0.1) is 24.8 Å². The fourth-order valence-corrected chi connectivity index (χ4v) is 1.99. The molecule has 1 aliphatic heterocycles. The Morgan fingerprint density at radius 1 is 1.24 bits per heavy atom. The highest BCUT2D eigenvalue weighted by Crippen LogP contribution is 2.17. The van der Waals surface area contributed by atoms with Gasteiger partial charge in [0.25, 0.3) is 5.91 Å². The molecule has 2 N–H and O–H groups in total. The SMILES string of the molecule is CN(C)C(C)(C)CNC(=O)c1ccc2c(c1)CNC2.Cl.Cl. The van der Waals surface area contributed by atoms with Gasteiger partial charge in [0, 0.05) is 30.7 Å². The van der Waals surface area contributed by atoms with E-state index in [1.807, 2.05) is 32.3 Å². The Balaban J connectivity index is 0.00000200. The zero-order valence-corrected chi connectivity index (χ0v) is 14.7. The normalized spacial score (nSPS) is 13.2. The number of carbonyl (C=O) groups is 1. The summed E-state index contributed by atoms with van der Waals surface area (Å²) in [7, 11) is 4.04. The second kappa shape index (κ2) is 7.99. The summed E-state index contributed by atoms with van der Waals surface area (Å²) >= 11 is 0. The second-order valence-electron chi connectivity index (χ2n) is 5.98. The van der Waals surface area contributed by atoms with Gasteiger partial charge in [-0.1, -0.05) is 6.07 Å². The number of amides is 1. The van der Waals surface area contributed by atoms with E-state index in [0.717, 1.165) is 18.7 Å². The first-order chi connectivity index (χ1) is 8.90. The average molecular weight is 334 g/mol. The average Bonchev–Trinajstić information content (AvgIpc) is 2.82. The summed E-state index contributed by atoms with van der Waals surface area (Å²) in [4.78, 5) is 14.3. The smallest absolute Gasteiger partial charge is 0.251 e. The molecule has 0 spiro atoms. The van der Waals surface area contributed by atoms with Gasteiger partial charge in [0.2, 0.25) is 0 Å². The summed E-state index contributed by atoms with van der Waals surface area (Å²) in [5.41, 5.74) is 3.23. The minimum absolute atomic E-state index is 0. The van der Waals surface area contributed by atoms with Crippen molar-refractivity contribution in [2.24, 2.45) is 0 Å². The highest BCUT2D eigenvalue weighted by atomic mass is 35.5. The number of hydrogen-bond donors (Lipinski definition) is 2. The molecule has 0 bridgehead atoms. The molecule has 0 fully saturated rings. The summed E-state index contributed by atoms with van der Waals surface area (Å²) in [6.45, 7) is 6.62. The van der Waals surface area contributed by atoms with E-state index in [0.29, 0.717) is 6.54 Å². The quantitative estimate of drug-likeness (QED) is 0.887. The molecule has 0 aromatic heterocycles. The summed E-state index contributed by atoms with van der Waals surface area (Å²) in [5.74, 6) is 0.00428. The maximum Gasteiger partial charge on any atom is 0.251 e. The fraction of sp³-hybridized carbons (Fsp3) is 0.533. The van der Waals surface area contributed by atoms with Gasteiger partial charge >= 0.3 is 0 Å². The molecule has 1 aliphatic rings. The van der Waals surface area contributed by atoms with Gasteiger partial charge in [-0.2, -0.15) is 0 Å². The van der Waals surface area contributed by atoms with Gasteiger partial charge in [0.05, 0.1) is 0 Å². The van der Waals surface area contributed by atoms with Crippen molar-refractivity contribution < 1.29 is 4.79 Å². The Hall–Kier alpha value is -0.810. The third-order valence-corrected chi connectivity index (χ3v) is 3.99. The van der Waals surface area contributed by atoms with E-state index in [9.17, 15) is 4.79 Å². The third kappa shape index (κ3) is 4.85. The zero-order chi connectivity index (χ0) is 14.0. The van der Waals surface area contributed by atoms with E-state index >= 15 is 0 Å². The van der Waals surface area contributed by atoms with Crippen LogP contribution in [0.5, 0.6) is 0 Å². The van der Waals surface area contributed by atoms with Gasteiger partial charge in [-0.3, -0.25) is 4.79 Å². The Labute approximate surface area is 139 Å². The minimum Gasteiger partial charge on any atom is -0.350 e. The molecule has 0 aliphatic carbocycles. The van der Waals surface area contributed by atoms with E-state index in [1.54, 1.807) is 0 Å². The molecule has 0 saturated heterocycles. The maximum atomic E-state index is 12.2. The lowest BCUT2D eigenvalue weighted by molar-refractivity contribution is 0.0919. The van der Waals surface area contributed by atoms with Crippen LogP contribution < -0.4 is 10.6 Å². The van der Waals surface area contributed by atoms with E-state index in [4.69, 9.17) is 0 Å². The molecule has 2 rings (SSSR count). The topological polar surface area (TPSA) is 44.4 Å². The van der Waals surface area contributed by atoms with Crippen molar-refractivity contribution in [3.8, 4) is 0 Å². The molecule has 1 amide bonds. The van der Waals surface area contributed by atoms with Crippen LogP contribution in [0.25, 0.3) is 0 Å². The number of hydrogen-bond acceptors (Lipinski definition) is 3. The van der Waals surface area contributed by atoms with Crippen molar-refractivity contribution >= 4 is 30.7 Å². The number of nitrogens with one attached hydrogen (secondary N) is 2. The van der Waals surface area contributed by atoms with E-state index in [2.05, 4.69) is 29.4 Å². The van der Waals surface area contributed by atoms with Crippen molar-refractivity contribution in [3.63, 3.8) is 0 Å². The number of rotatable bonds is 4. The third-order valence-electron chi connectivity index (χ3n) is 3.99. The first-order valence-corrected chi connectivity index (χ1v) is 6.68. The molecule has 6 heteroatoms. The van der Waals surface area contributed by atoms with Crippen LogP contribution in [0.3, 0.4) is 0 Å². The molecule has 0 atom stereocenters. The van der Waals surface area contributed by atoms with Gasteiger partial charge in [-0.05, 0) is 51.2 Å². The zero-order valence-electron chi connectivity index (χ0n) is 13.0. The fourth-order valence-electron chi connectivity index (χ4n) is 1.99. The first-order valence-electron chi connectivity index (χ1n) is 6.68. The van der Waals surface area contributed by atoms with Crippen molar-refractivity contribution in [2.75, 3.05) is 20.6 Å². The van der Waals surface area contributed by atoms with Crippen LogP contribution in [0.1, 0.15) is 35.3 Å². The molecule has 21 heavy (non-hydrogen) atoms. The van der Waals surface area contributed by atoms with E-state index in [1.165, 1.54) is 11.1 Å². The Kier molecular flexibility index (Phi) is 7.68. The largest absolute Gasteiger partial charge is 0.350 e. The molecule has 0 unspecified atom stereocenters. The highest BCUT2D eigenvalue weighted by Gasteiger charge is 2.21. The number of nitrogens with zero attached hydrogens (tertiary/aromatic N) is 1. The molecule has 1 aromatic carbocycles. The van der Waals surface area contributed by atoms with Gasteiger partial charge < -0.3 is 15.5 Å². The van der Waals surface area contributed by atoms with E-state index < -0.39 is 0 Å². The van der Waals surface area contributed by atoms with Crippen LogP contribution >= 0.6 is 24.8 Å². The number of halogens is 2. The van der Waals surface area contributed by atoms with E-state index in [-0.39, 0.29) is 36.3 Å². The number of fused-ring (bicyclic) bond motifs is 1. The van der Waals surface area contributed by atoms with Crippen molar-refractivity contribution in [1.29, 1.82) is 0 Å². The maximum absolute atomic E-state index is 12.2. The number of benzene rings is 1. The van der Waals surface area contributed by atoms with Crippen molar-refractivity contribution in [3.05, 3.63) is 34.9 Å². The van der Waals surface area contributed by atoms with Crippen LogP contribution in [0.2, 0.25) is 0 Å². The molecular weight excluding hydrogens is 309 g/mol. The van der Waals surface area contributed by atoms with Crippen LogP contribution in [0.15, 0.2) is 18.2 Å². The molecule has 0 saturated carbocycles. The van der Waals surface area contributed by atoms with Crippen LogP contribution in [-0.2, 0) is 13.1 Å². The van der Waals surface area contributed by atoms with Crippen molar-refractivity contribution in [1.82, 2.24) is 15.5 Å². The Morgan fingerprint density at radius 2 is 1.86 bits per heavy atom. The van der Waals surface area contributed by atoms with Gasteiger partial charge in [-0.25, -0.2) is 0 Å². The molecule has 1 heterocycles. The number of carbonyl (C=O) groups excluding carboxylic acids is 1. The molecule has 0 radical (unpaired) electrons. The molecular formula is C15H25Cl2N3O. The minimum atomic E-state index is -0.0477. The second-order valence-corrected chi connectivity index (χ2v) is 5.98.